The maximum absolute atomic E-state index is 10.6. The predicted octanol–water partition coefficient (Wildman–Crippen LogP) is 2.85. The number of nitrogens with zero attached hydrogens (tertiary/aromatic N) is 1. The van der Waals surface area contributed by atoms with Crippen LogP contribution >= 0.6 is 11.5 Å². The molecule has 78 valence electrons. The van der Waals surface area contributed by atoms with Gasteiger partial charge in [-0.3, -0.25) is 0 Å². The Morgan fingerprint density at radius 1 is 1.71 bits per heavy atom. The van der Waals surface area contributed by atoms with Crippen molar-refractivity contribution in [1.29, 1.82) is 0 Å². The van der Waals surface area contributed by atoms with Crippen LogP contribution in [0.25, 0.3) is 0 Å². The van der Waals surface area contributed by atoms with E-state index in [1.54, 1.807) is 0 Å². The largest absolute Gasteiger partial charge is 0.384 e. The molecule has 0 aliphatic heterocycles. The summed E-state index contributed by atoms with van der Waals surface area (Å²) in [6.45, 7) is 4.15. The van der Waals surface area contributed by atoms with Crippen molar-refractivity contribution in [2.75, 3.05) is 0 Å². The van der Waals surface area contributed by atoms with Crippen LogP contribution in [0, 0.1) is 12.8 Å². The molecule has 1 aromatic heterocycles. The maximum atomic E-state index is 10.6. The summed E-state index contributed by atoms with van der Waals surface area (Å²) in [4.78, 5) is 1.07. The van der Waals surface area contributed by atoms with Crippen LogP contribution < -0.4 is 0 Å². The Labute approximate surface area is 89.1 Å². The van der Waals surface area contributed by atoms with Crippen LogP contribution in [0.4, 0.5) is 0 Å². The zero-order chi connectivity index (χ0) is 10.2. The van der Waals surface area contributed by atoms with Gasteiger partial charge >= 0.3 is 0 Å². The van der Waals surface area contributed by atoms with E-state index in [4.69, 9.17) is 0 Å². The molecule has 0 bridgehead atoms. The molecule has 2 atom stereocenters. The van der Waals surface area contributed by atoms with Crippen LogP contribution in [0.5, 0.6) is 0 Å². The molecule has 14 heavy (non-hydrogen) atoms. The third-order valence-corrected chi connectivity index (χ3v) is 4.38. The zero-order valence-electron chi connectivity index (χ0n) is 8.79. The molecule has 0 aromatic carbocycles. The normalized spacial score (nSPS) is 32.4. The second-order valence-electron chi connectivity index (χ2n) is 4.25. The minimum absolute atomic E-state index is 0.433. The Morgan fingerprint density at radius 2 is 2.50 bits per heavy atom. The number of aryl methyl sites for hydroxylation is 1. The van der Waals surface area contributed by atoms with Crippen molar-refractivity contribution >= 4 is 11.5 Å². The van der Waals surface area contributed by atoms with Gasteiger partial charge in [-0.25, -0.2) is 0 Å². The van der Waals surface area contributed by atoms with Crippen LogP contribution in [0.15, 0.2) is 6.07 Å². The monoisotopic (exact) mass is 211 g/mol. The molecule has 1 aliphatic rings. The minimum Gasteiger partial charge on any atom is -0.384 e. The second kappa shape index (κ2) is 3.63. The molecule has 0 spiro atoms. The quantitative estimate of drug-likeness (QED) is 0.816. The van der Waals surface area contributed by atoms with E-state index in [2.05, 4.69) is 11.3 Å². The lowest BCUT2D eigenvalue weighted by atomic mass is 9.87. The van der Waals surface area contributed by atoms with E-state index in [1.165, 1.54) is 11.5 Å². The highest BCUT2D eigenvalue weighted by Gasteiger charge is 2.42. The molecule has 1 aromatic rings. The van der Waals surface area contributed by atoms with Gasteiger partial charge in [0.25, 0.3) is 0 Å². The van der Waals surface area contributed by atoms with Gasteiger partial charge in [-0.05, 0) is 49.7 Å². The van der Waals surface area contributed by atoms with E-state index in [-0.39, 0.29) is 0 Å². The fourth-order valence-corrected chi connectivity index (χ4v) is 3.44. The molecule has 0 radical (unpaired) electrons. The summed E-state index contributed by atoms with van der Waals surface area (Å²) in [6.07, 6.45) is 4.27. The van der Waals surface area contributed by atoms with Gasteiger partial charge in [0, 0.05) is 0 Å². The van der Waals surface area contributed by atoms with Gasteiger partial charge in [-0.2, -0.15) is 4.37 Å². The zero-order valence-corrected chi connectivity index (χ0v) is 9.60. The molecular formula is C11H17NOS. The van der Waals surface area contributed by atoms with Crippen LogP contribution in [-0.4, -0.2) is 9.48 Å². The molecule has 0 amide bonds. The Bertz CT molecular complexity index is 323. The number of rotatable bonds is 2. The topological polar surface area (TPSA) is 33.1 Å². The van der Waals surface area contributed by atoms with Gasteiger partial charge in [-0.15, -0.1) is 0 Å². The molecule has 3 heteroatoms. The lowest BCUT2D eigenvalue weighted by Crippen LogP contribution is -2.28. The summed E-state index contributed by atoms with van der Waals surface area (Å²) in [5.41, 5.74) is 0.459. The molecular weight excluding hydrogens is 194 g/mol. The fraction of sp³-hybridized carbons (Fsp3) is 0.727. The van der Waals surface area contributed by atoms with Crippen molar-refractivity contribution < 1.29 is 5.11 Å². The first-order chi connectivity index (χ1) is 6.66. The summed E-state index contributed by atoms with van der Waals surface area (Å²) in [7, 11) is 0. The lowest BCUT2D eigenvalue weighted by Gasteiger charge is -2.27. The summed E-state index contributed by atoms with van der Waals surface area (Å²) in [6, 6.07) is 2.04. The first-order valence-electron chi connectivity index (χ1n) is 5.33. The Morgan fingerprint density at radius 3 is 3.07 bits per heavy atom. The SMILES string of the molecule is CCC1CCCC1(O)c1cc(C)ns1. The molecule has 1 heterocycles. The number of hydrogen-bond donors (Lipinski definition) is 1. The summed E-state index contributed by atoms with van der Waals surface area (Å²) < 4.78 is 4.26. The molecule has 2 rings (SSSR count). The van der Waals surface area contributed by atoms with E-state index in [1.807, 2.05) is 13.0 Å². The standard InChI is InChI=1S/C11H17NOS/c1-3-9-5-4-6-11(9,13)10-7-8(2)12-14-10/h7,9,13H,3-6H2,1-2H3. The van der Waals surface area contributed by atoms with Crippen LogP contribution in [-0.2, 0) is 5.60 Å². The average molecular weight is 211 g/mol. The van der Waals surface area contributed by atoms with Crippen LogP contribution in [0.3, 0.4) is 0 Å². The highest BCUT2D eigenvalue weighted by Crippen LogP contribution is 2.46. The van der Waals surface area contributed by atoms with Crippen molar-refractivity contribution in [3.63, 3.8) is 0 Å². The van der Waals surface area contributed by atoms with E-state index in [0.717, 1.165) is 36.3 Å². The first kappa shape index (κ1) is 10.1. The van der Waals surface area contributed by atoms with E-state index >= 15 is 0 Å². The smallest absolute Gasteiger partial charge is 0.103 e. The predicted molar refractivity (Wildman–Crippen MR) is 58.4 cm³/mol. The molecule has 1 aliphatic carbocycles. The molecule has 2 unspecified atom stereocenters. The van der Waals surface area contributed by atoms with Gasteiger partial charge in [0.05, 0.1) is 10.6 Å². The van der Waals surface area contributed by atoms with Crippen molar-refractivity contribution in [3.05, 3.63) is 16.6 Å². The maximum Gasteiger partial charge on any atom is 0.103 e. The number of hydrogen-bond acceptors (Lipinski definition) is 3. The molecule has 1 fully saturated rings. The number of aliphatic hydroxyl groups is 1. The molecule has 1 saturated carbocycles. The summed E-state index contributed by atoms with van der Waals surface area (Å²) in [5.74, 6) is 0.433. The van der Waals surface area contributed by atoms with Crippen molar-refractivity contribution in [3.8, 4) is 0 Å². The molecule has 0 saturated heterocycles. The molecule has 2 nitrogen and oxygen atoms in total. The molecule has 1 N–H and O–H groups in total. The summed E-state index contributed by atoms with van der Waals surface area (Å²) >= 11 is 1.46. The fourth-order valence-electron chi connectivity index (χ4n) is 2.49. The highest BCUT2D eigenvalue weighted by molar-refractivity contribution is 7.06. The second-order valence-corrected chi connectivity index (χ2v) is 5.06. The minimum atomic E-state index is -0.569. The Balaban J connectivity index is 2.31. The lowest BCUT2D eigenvalue weighted by molar-refractivity contribution is -0.000383. The highest BCUT2D eigenvalue weighted by atomic mass is 32.1. The number of aromatic nitrogens is 1. The van der Waals surface area contributed by atoms with E-state index in [9.17, 15) is 5.11 Å². The third kappa shape index (κ3) is 1.48. The van der Waals surface area contributed by atoms with Gasteiger partial charge < -0.3 is 5.11 Å². The van der Waals surface area contributed by atoms with Gasteiger partial charge in [0.2, 0.25) is 0 Å². The van der Waals surface area contributed by atoms with E-state index in [0.29, 0.717) is 5.92 Å². The average Bonchev–Trinajstić information content (AvgIpc) is 2.72. The van der Waals surface area contributed by atoms with E-state index < -0.39 is 5.60 Å². The van der Waals surface area contributed by atoms with Gasteiger partial charge in [-0.1, -0.05) is 13.3 Å². The van der Waals surface area contributed by atoms with Crippen molar-refractivity contribution in [1.82, 2.24) is 4.37 Å². The van der Waals surface area contributed by atoms with Crippen LogP contribution in [0.2, 0.25) is 0 Å². The van der Waals surface area contributed by atoms with Crippen molar-refractivity contribution in [2.24, 2.45) is 5.92 Å². The Hall–Kier alpha value is -0.410. The van der Waals surface area contributed by atoms with Gasteiger partial charge in [0.1, 0.15) is 5.60 Å². The van der Waals surface area contributed by atoms with Crippen LogP contribution in [0.1, 0.15) is 43.2 Å². The Kier molecular flexibility index (Phi) is 2.62. The third-order valence-electron chi connectivity index (χ3n) is 3.33. The van der Waals surface area contributed by atoms with Crippen molar-refractivity contribution in [2.45, 2.75) is 45.1 Å². The van der Waals surface area contributed by atoms with Gasteiger partial charge in [0.15, 0.2) is 0 Å². The first-order valence-corrected chi connectivity index (χ1v) is 6.10. The summed E-state index contributed by atoms with van der Waals surface area (Å²) in [5, 5.41) is 10.6.